The monoisotopic (exact) mass is 412 g/mol. The summed E-state index contributed by atoms with van der Waals surface area (Å²) in [6.07, 6.45) is 0. The van der Waals surface area contributed by atoms with Crippen molar-refractivity contribution in [2.45, 2.75) is 52.4 Å². The highest BCUT2D eigenvalue weighted by Gasteiger charge is 2.26. The summed E-state index contributed by atoms with van der Waals surface area (Å²) in [6, 6.07) is 11.2. The molecule has 30 heavy (non-hydrogen) atoms. The fourth-order valence-corrected chi connectivity index (χ4v) is 3.14. The molecule has 2 aromatic carbocycles. The van der Waals surface area contributed by atoms with Gasteiger partial charge in [0.15, 0.2) is 0 Å². The van der Waals surface area contributed by atoms with Crippen molar-refractivity contribution in [3.05, 3.63) is 53.1 Å². The van der Waals surface area contributed by atoms with Gasteiger partial charge in [-0.25, -0.2) is 4.79 Å². The molecule has 0 amide bonds. The molecule has 164 valence electrons. The lowest BCUT2D eigenvalue weighted by Gasteiger charge is -2.28. The number of likely N-dealkylation sites (N-methyl/N-ethyl adjacent to an activating group) is 1. The van der Waals surface area contributed by atoms with Gasteiger partial charge in [0.1, 0.15) is 12.4 Å². The normalized spacial score (nSPS) is 12.2. The Morgan fingerprint density at radius 2 is 1.53 bits per heavy atom. The zero-order valence-corrected chi connectivity index (χ0v) is 19.6. The molecule has 2 aromatic rings. The molecule has 0 aliphatic heterocycles. The Kier molecular flexibility index (Phi) is 7.19. The molecule has 2 N–H and O–H groups in total. The van der Waals surface area contributed by atoms with Crippen LogP contribution in [0.15, 0.2) is 36.4 Å². The van der Waals surface area contributed by atoms with Crippen LogP contribution in [0.2, 0.25) is 0 Å². The number of aromatic hydroxyl groups is 1. The first-order chi connectivity index (χ1) is 13.8. The van der Waals surface area contributed by atoms with Gasteiger partial charge in [0.25, 0.3) is 0 Å². The Morgan fingerprint density at radius 1 is 0.967 bits per heavy atom. The fraction of sp³-hybridized carbons (Fsp3) is 0.480. The SMILES string of the molecule is CN(C)CCOC(=O)c1cccc(Nc2cc(C(C)(C)C)c(O)c(C(C)(C)C)c2)c1. The van der Waals surface area contributed by atoms with Crippen LogP contribution in [0.3, 0.4) is 0 Å². The van der Waals surface area contributed by atoms with Crippen LogP contribution in [0, 0.1) is 0 Å². The van der Waals surface area contributed by atoms with Gasteiger partial charge in [-0.1, -0.05) is 47.6 Å². The van der Waals surface area contributed by atoms with Crippen molar-refractivity contribution >= 4 is 17.3 Å². The molecule has 5 heteroatoms. The van der Waals surface area contributed by atoms with Gasteiger partial charge < -0.3 is 20.1 Å². The predicted molar refractivity (Wildman–Crippen MR) is 124 cm³/mol. The molecule has 0 bridgehead atoms. The maximum Gasteiger partial charge on any atom is 0.338 e. The van der Waals surface area contributed by atoms with E-state index < -0.39 is 0 Å². The Hall–Kier alpha value is -2.53. The maximum absolute atomic E-state index is 12.3. The van der Waals surface area contributed by atoms with E-state index in [0.717, 1.165) is 22.5 Å². The second kappa shape index (κ2) is 9.09. The molecule has 0 saturated heterocycles. The molecule has 0 aromatic heterocycles. The van der Waals surface area contributed by atoms with E-state index in [9.17, 15) is 9.90 Å². The summed E-state index contributed by atoms with van der Waals surface area (Å²) in [5.41, 5.74) is 3.53. The van der Waals surface area contributed by atoms with Crippen molar-refractivity contribution in [2.24, 2.45) is 0 Å². The highest BCUT2D eigenvalue weighted by molar-refractivity contribution is 5.90. The number of hydrogen-bond acceptors (Lipinski definition) is 5. The second-order valence-corrected chi connectivity index (χ2v) is 10.1. The number of benzene rings is 2. The number of esters is 1. The first-order valence-electron chi connectivity index (χ1n) is 10.4. The smallest absolute Gasteiger partial charge is 0.338 e. The lowest BCUT2D eigenvalue weighted by molar-refractivity contribution is 0.0482. The second-order valence-electron chi connectivity index (χ2n) is 10.1. The summed E-state index contributed by atoms with van der Waals surface area (Å²) >= 11 is 0. The molecule has 0 unspecified atom stereocenters. The van der Waals surface area contributed by atoms with Gasteiger partial charge in [-0.05, 0) is 55.3 Å². The van der Waals surface area contributed by atoms with E-state index in [-0.39, 0.29) is 16.8 Å². The summed E-state index contributed by atoms with van der Waals surface area (Å²) in [5.74, 6) is 0.00994. The summed E-state index contributed by atoms with van der Waals surface area (Å²) in [7, 11) is 3.88. The Bertz CT molecular complexity index is 855. The number of nitrogens with zero attached hydrogens (tertiary/aromatic N) is 1. The first kappa shape index (κ1) is 23.7. The molecule has 0 heterocycles. The Balaban J connectivity index is 2.33. The topological polar surface area (TPSA) is 61.8 Å². The van der Waals surface area contributed by atoms with Crippen molar-refractivity contribution in [1.82, 2.24) is 4.90 Å². The summed E-state index contributed by atoms with van der Waals surface area (Å²) in [4.78, 5) is 14.3. The molecule has 0 atom stereocenters. The highest BCUT2D eigenvalue weighted by atomic mass is 16.5. The third-order valence-corrected chi connectivity index (χ3v) is 4.88. The predicted octanol–water partition coefficient (Wildman–Crippen LogP) is 5.45. The van der Waals surface area contributed by atoms with Gasteiger partial charge in [-0.15, -0.1) is 0 Å². The number of anilines is 2. The minimum Gasteiger partial charge on any atom is -0.507 e. The lowest BCUT2D eigenvalue weighted by Crippen LogP contribution is -2.20. The van der Waals surface area contributed by atoms with E-state index in [2.05, 4.69) is 46.9 Å². The van der Waals surface area contributed by atoms with Crippen LogP contribution in [0.1, 0.15) is 63.0 Å². The molecule has 0 aliphatic rings. The van der Waals surface area contributed by atoms with Gasteiger partial charge in [0.2, 0.25) is 0 Å². The van der Waals surface area contributed by atoms with Gasteiger partial charge in [0, 0.05) is 29.0 Å². The molecule has 5 nitrogen and oxygen atoms in total. The van der Waals surface area contributed by atoms with Crippen LogP contribution < -0.4 is 5.32 Å². The quantitative estimate of drug-likeness (QED) is 0.488. The van der Waals surface area contributed by atoms with Gasteiger partial charge >= 0.3 is 5.97 Å². The van der Waals surface area contributed by atoms with E-state index in [1.54, 1.807) is 12.1 Å². The molecule has 0 radical (unpaired) electrons. The first-order valence-corrected chi connectivity index (χ1v) is 10.4. The van der Waals surface area contributed by atoms with Crippen molar-refractivity contribution in [3.8, 4) is 5.75 Å². The highest BCUT2D eigenvalue weighted by Crippen LogP contribution is 2.41. The lowest BCUT2D eigenvalue weighted by atomic mass is 9.79. The average molecular weight is 413 g/mol. The number of carbonyl (C=O) groups is 1. The van der Waals surface area contributed by atoms with Crippen molar-refractivity contribution in [1.29, 1.82) is 0 Å². The molecular formula is C25H36N2O3. The molecule has 0 spiro atoms. The van der Waals surface area contributed by atoms with Crippen molar-refractivity contribution in [3.63, 3.8) is 0 Å². The number of rotatable bonds is 6. The number of nitrogens with one attached hydrogen (secondary N) is 1. The largest absolute Gasteiger partial charge is 0.507 e. The van der Waals surface area contributed by atoms with E-state index in [0.29, 0.717) is 24.5 Å². The Morgan fingerprint density at radius 3 is 2.03 bits per heavy atom. The van der Waals surface area contributed by atoms with Gasteiger partial charge in [-0.2, -0.15) is 0 Å². The van der Waals surface area contributed by atoms with E-state index in [4.69, 9.17) is 4.74 Å². The molecule has 0 aliphatic carbocycles. The third-order valence-electron chi connectivity index (χ3n) is 4.88. The Labute approximate surface area is 181 Å². The minimum absolute atomic E-state index is 0.208. The van der Waals surface area contributed by atoms with Crippen LogP contribution in [0.4, 0.5) is 11.4 Å². The van der Waals surface area contributed by atoms with Gasteiger partial charge in [0.05, 0.1) is 5.56 Å². The molecule has 0 fully saturated rings. The summed E-state index contributed by atoms with van der Waals surface area (Å²) in [6.45, 7) is 13.6. The van der Waals surface area contributed by atoms with E-state index >= 15 is 0 Å². The van der Waals surface area contributed by atoms with Crippen molar-refractivity contribution < 1.29 is 14.6 Å². The summed E-state index contributed by atoms with van der Waals surface area (Å²) in [5, 5.41) is 14.3. The van der Waals surface area contributed by atoms with Gasteiger partial charge in [-0.3, -0.25) is 0 Å². The molecular weight excluding hydrogens is 376 g/mol. The minimum atomic E-state index is -0.336. The van der Waals surface area contributed by atoms with E-state index in [1.165, 1.54) is 0 Å². The third kappa shape index (κ3) is 6.23. The van der Waals surface area contributed by atoms with E-state index in [1.807, 2.05) is 43.3 Å². The zero-order valence-electron chi connectivity index (χ0n) is 19.6. The maximum atomic E-state index is 12.3. The molecule has 2 rings (SSSR count). The summed E-state index contributed by atoms with van der Waals surface area (Å²) < 4.78 is 5.35. The van der Waals surface area contributed by atoms with Crippen LogP contribution in [0.25, 0.3) is 0 Å². The zero-order chi connectivity index (χ0) is 22.7. The van der Waals surface area contributed by atoms with Crippen LogP contribution in [-0.4, -0.2) is 43.2 Å². The average Bonchev–Trinajstić information content (AvgIpc) is 2.61. The van der Waals surface area contributed by atoms with Crippen LogP contribution >= 0.6 is 0 Å². The van der Waals surface area contributed by atoms with Crippen LogP contribution in [0.5, 0.6) is 5.75 Å². The number of ether oxygens (including phenoxy) is 1. The number of phenolic OH excluding ortho intramolecular Hbond substituents is 1. The van der Waals surface area contributed by atoms with Crippen molar-refractivity contribution in [2.75, 3.05) is 32.6 Å². The van der Waals surface area contributed by atoms with Crippen LogP contribution in [-0.2, 0) is 15.6 Å². The number of carbonyl (C=O) groups excluding carboxylic acids is 1. The molecule has 0 saturated carbocycles. The number of hydrogen-bond donors (Lipinski definition) is 2. The standard InChI is InChI=1S/C25H36N2O3/c1-24(2,3)20-15-19(16-21(22(20)28)25(4,5)6)26-18-11-9-10-17(14-18)23(29)30-13-12-27(7)8/h9-11,14-16,26,28H,12-13H2,1-8H3. The fourth-order valence-electron chi connectivity index (χ4n) is 3.14. The number of phenols is 1.